The molecule has 94 valence electrons. The number of hydrogen-bond acceptors (Lipinski definition) is 4. The lowest BCUT2D eigenvalue weighted by molar-refractivity contribution is 0.880. The van der Waals surface area contributed by atoms with Crippen LogP contribution in [-0.4, -0.2) is 19.7 Å². The van der Waals surface area contributed by atoms with E-state index in [4.69, 9.17) is 5.73 Å². The molecule has 2 heterocycles. The van der Waals surface area contributed by atoms with Crippen molar-refractivity contribution in [3.8, 4) is 17.1 Å². The van der Waals surface area contributed by atoms with Crippen LogP contribution in [0.4, 0.5) is 5.69 Å². The molecule has 19 heavy (non-hydrogen) atoms. The Labute approximate surface area is 110 Å². The molecule has 0 bridgehead atoms. The van der Waals surface area contributed by atoms with E-state index in [-0.39, 0.29) is 0 Å². The summed E-state index contributed by atoms with van der Waals surface area (Å²) in [6, 6.07) is 9.82. The van der Waals surface area contributed by atoms with E-state index in [0.29, 0.717) is 11.4 Å². The van der Waals surface area contributed by atoms with Gasteiger partial charge in [0.1, 0.15) is 11.4 Å². The first kappa shape index (κ1) is 11.4. The van der Waals surface area contributed by atoms with Crippen molar-refractivity contribution in [2.45, 2.75) is 6.92 Å². The number of hydrogen-bond donors (Lipinski definition) is 1. The number of nitrogen functional groups attached to an aromatic ring is 1. The first-order valence-electron chi connectivity index (χ1n) is 5.94. The van der Waals surface area contributed by atoms with Crippen LogP contribution in [0.2, 0.25) is 0 Å². The third-order valence-corrected chi connectivity index (χ3v) is 2.87. The predicted molar refractivity (Wildman–Crippen MR) is 73.7 cm³/mol. The molecule has 0 spiro atoms. The summed E-state index contributed by atoms with van der Waals surface area (Å²) in [5.74, 6) is 0. The van der Waals surface area contributed by atoms with Crippen LogP contribution in [0, 0.1) is 6.92 Å². The van der Waals surface area contributed by atoms with Gasteiger partial charge in [0.25, 0.3) is 0 Å². The molecule has 3 aromatic rings. The number of aromatic nitrogens is 4. The van der Waals surface area contributed by atoms with E-state index in [1.165, 1.54) is 0 Å². The molecule has 2 N–H and O–H groups in total. The second-order valence-electron chi connectivity index (χ2n) is 4.20. The van der Waals surface area contributed by atoms with E-state index < -0.39 is 0 Å². The molecule has 0 saturated heterocycles. The zero-order chi connectivity index (χ0) is 13.2. The Morgan fingerprint density at radius 1 is 1.00 bits per heavy atom. The molecule has 0 radical (unpaired) electrons. The van der Waals surface area contributed by atoms with Gasteiger partial charge in [0.05, 0.1) is 23.3 Å². The van der Waals surface area contributed by atoms with Crippen molar-refractivity contribution in [2.24, 2.45) is 0 Å². The van der Waals surface area contributed by atoms with E-state index in [1.807, 2.05) is 37.3 Å². The number of nitrogens with two attached hydrogens (primary N) is 1. The van der Waals surface area contributed by atoms with Gasteiger partial charge in [-0.2, -0.15) is 5.10 Å². The van der Waals surface area contributed by atoms with Gasteiger partial charge in [0.2, 0.25) is 0 Å². The van der Waals surface area contributed by atoms with E-state index in [2.05, 4.69) is 15.1 Å². The van der Waals surface area contributed by atoms with Crippen molar-refractivity contribution in [3.05, 3.63) is 54.6 Å². The highest BCUT2D eigenvalue weighted by Crippen LogP contribution is 2.25. The van der Waals surface area contributed by atoms with E-state index in [0.717, 1.165) is 17.1 Å². The lowest BCUT2D eigenvalue weighted by atomic mass is 10.2. The number of anilines is 1. The van der Waals surface area contributed by atoms with Gasteiger partial charge in [0, 0.05) is 12.4 Å². The van der Waals surface area contributed by atoms with Gasteiger partial charge in [-0.1, -0.05) is 18.2 Å². The molecule has 2 aromatic heterocycles. The second-order valence-corrected chi connectivity index (χ2v) is 4.20. The molecule has 0 fully saturated rings. The summed E-state index contributed by atoms with van der Waals surface area (Å²) in [5, 5.41) is 4.50. The summed E-state index contributed by atoms with van der Waals surface area (Å²) in [6.45, 7) is 1.89. The maximum Gasteiger partial charge on any atom is 0.136 e. The third kappa shape index (κ3) is 2.06. The molecule has 0 amide bonds. The van der Waals surface area contributed by atoms with Gasteiger partial charge in [-0.25, -0.2) is 4.68 Å². The molecule has 5 nitrogen and oxygen atoms in total. The predicted octanol–water partition coefficient (Wildman–Crippen LogP) is 2.22. The molecule has 0 aliphatic carbocycles. The van der Waals surface area contributed by atoms with Gasteiger partial charge < -0.3 is 5.73 Å². The van der Waals surface area contributed by atoms with E-state index in [9.17, 15) is 0 Å². The van der Waals surface area contributed by atoms with Crippen LogP contribution in [0.5, 0.6) is 0 Å². The Balaban J connectivity index is 2.11. The minimum Gasteiger partial charge on any atom is -0.396 e. The highest BCUT2D eigenvalue weighted by atomic mass is 15.3. The molecule has 0 aliphatic rings. The first-order valence-corrected chi connectivity index (χ1v) is 5.94. The number of rotatable bonds is 2. The van der Waals surface area contributed by atoms with E-state index >= 15 is 0 Å². The highest BCUT2D eigenvalue weighted by molar-refractivity contribution is 5.70. The Morgan fingerprint density at radius 3 is 2.47 bits per heavy atom. The summed E-state index contributed by atoms with van der Waals surface area (Å²) in [4.78, 5) is 8.51. The van der Waals surface area contributed by atoms with Crippen molar-refractivity contribution in [3.63, 3.8) is 0 Å². The minimum absolute atomic E-state index is 0.590. The van der Waals surface area contributed by atoms with Gasteiger partial charge in [-0.05, 0) is 19.1 Å². The molecule has 1 aromatic carbocycles. The fraction of sp³-hybridized carbons (Fsp3) is 0.0714. The zero-order valence-corrected chi connectivity index (χ0v) is 10.5. The molecule has 0 unspecified atom stereocenters. The van der Waals surface area contributed by atoms with Crippen LogP contribution in [0.1, 0.15) is 5.69 Å². The summed E-state index contributed by atoms with van der Waals surface area (Å²) in [5.41, 5.74) is 9.77. The quantitative estimate of drug-likeness (QED) is 0.758. The topological polar surface area (TPSA) is 69.6 Å². The molecular formula is C14H13N5. The third-order valence-electron chi connectivity index (χ3n) is 2.87. The second kappa shape index (κ2) is 4.53. The van der Waals surface area contributed by atoms with Gasteiger partial charge in [-0.3, -0.25) is 9.97 Å². The van der Waals surface area contributed by atoms with Crippen molar-refractivity contribution in [1.82, 2.24) is 19.7 Å². The SMILES string of the molecule is Cc1nccnc1-c1nn(-c2ccccc2)cc1N. The summed E-state index contributed by atoms with van der Waals surface area (Å²) >= 11 is 0. The lowest BCUT2D eigenvalue weighted by Crippen LogP contribution is -1.96. The van der Waals surface area contributed by atoms with Crippen LogP contribution in [0.15, 0.2) is 48.9 Å². The van der Waals surface area contributed by atoms with Crippen molar-refractivity contribution in [2.75, 3.05) is 5.73 Å². The summed E-state index contributed by atoms with van der Waals surface area (Å²) in [6.07, 6.45) is 5.09. The Kier molecular flexibility index (Phi) is 2.72. The normalized spacial score (nSPS) is 10.6. The number of benzene rings is 1. The highest BCUT2D eigenvalue weighted by Gasteiger charge is 2.13. The Hall–Kier alpha value is -2.69. The van der Waals surface area contributed by atoms with E-state index in [1.54, 1.807) is 23.3 Å². The number of aryl methyl sites for hydroxylation is 1. The van der Waals surface area contributed by atoms with Crippen LogP contribution in [0.3, 0.4) is 0 Å². The fourth-order valence-electron chi connectivity index (χ4n) is 1.92. The average Bonchev–Trinajstić information content (AvgIpc) is 2.82. The summed E-state index contributed by atoms with van der Waals surface area (Å²) in [7, 11) is 0. The van der Waals surface area contributed by atoms with Gasteiger partial charge in [0.15, 0.2) is 0 Å². The Bertz CT molecular complexity index is 703. The fourth-order valence-corrected chi connectivity index (χ4v) is 1.92. The monoisotopic (exact) mass is 251 g/mol. The van der Waals surface area contributed by atoms with Crippen LogP contribution >= 0.6 is 0 Å². The van der Waals surface area contributed by atoms with Crippen LogP contribution in [-0.2, 0) is 0 Å². The molecular weight excluding hydrogens is 238 g/mol. The van der Waals surface area contributed by atoms with Crippen LogP contribution in [0.25, 0.3) is 17.1 Å². The van der Waals surface area contributed by atoms with Crippen molar-refractivity contribution >= 4 is 5.69 Å². The minimum atomic E-state index is 0.590. The van der Waals surface area contributed by atoms with Gasteiger partial charge >= 0.3 is 0 Å². The number of nitrogens with zero attached hydrogens (tertiary/aromatic N) is 4. The Morgan fingerprint density at radius 2 is 1.74 bits per heavy atom. The maximum atomic E-state index is 6.03. The lowest BCUT2D eigenvalue weighted by Gasteiger charge is -2.01. The first-order chi connectivity index (χ1) is 9.25. The van der Waals surface area contributed by atoms with Crippen LogP contribution < -0.4 is 5.73 Å². The largest absolute Gasteiger partial charge is 0.396 e. The average molecular weight is 251 g/mol. The standard InChI is InChI=1S/C14H13N5/c1-10-13(17-8-7-16-10)14-12(15)9-19(18-14)11-5-3-2-4-6-11/h2-9H,15H2,1H3. The molecule has 0 atom stereocenters. The zero-order valence-electron chi connectivity index (χ0n) is 10.5. The molecule has 0 aliphatic heterocycles. The molecule has 5 heteroatoms. The maximum absolute atomic E-state index is 6.03. The number of para-hydroxylation sites is 1. The molecule has 0 saturated carbocycles. The molecule has 3 rings (SSSR count). The summed E-state index contributed by atoms with van der Waals surface area (Å²) < 4.78 is 1.75. The van der Waals surface area contributed by atoms with Crippen molar-refractivity contribution in [1.29, 1.82) is 0 Å². The smallest absolute Gasteiger partial charge is 0.136 e. The van der Waals surface area contributed by atoms with Gasteiger partial charge in [-0.15, -0.1) is 0 Å². The van der Waals surface area contributed by atoms with Crippen molar-refractivity contribution < 1.29 is 0 Å².